The smallest absolute Gasteiger partial charge is 0.249 e. The van der Waals surface area contributed by atoms with E-state index < -0.39 is 5.91 Å². The summed E-state index contributed by atoms with van der Waals surface area (Å²) in [6.07, 6.45) is 5.36. The van der Waals surface area contributed by atoms with Crippen LogP contribution in [0.1, 0.15) is 21.1 Å². The first-order valence-electron chi connectivity index (χ1n) is 6.71. The van der Waals surface area contributed by atoms with E-state index in [-0.39, 0.29) is 0 Å². The summed E-state index contributed by atoms with van der Waals surface area (Å²) in [6.45, 7) is 2.53. The molecule has 0 radical (unpaired) electrons. The molecule has 0 aliphatic carbocycles. The maximum Gasteiger partial charge on any atom is 0.249 e. The van der Waals surface area contributed by atoms with Gasteiger partial charge in [0.2, 0.25) is 5.91 Å². The number of nitrogens with zero attached hydrogens (tertiary/aromatic N) is 3. The third-order valence-corrected chi connectivity index (χ3v) is 4.17. The largest absolute Gasteiger partial charge is 0.377 e. The van der Waals surface area contributed by atoms with Crippen molar-refractivity contribution >= 4 is 22.9 Å². The van der Waals surface area contributed by atoms with Crippen LogP contribution < -0.4 is 11.1 Å². The van der Waals surface area contributed by atoms with Crippen LogP contribution in [-0.2, 0) is 6.54 Å². The predicted octanol–water partition coefficient (Wildman–Crippen LogP) is 2.35. The maximum atomic E-state index is 11.1. The van der Waals surface area contributed by atoms with E-state index in [1.807, 2.05) is 29.8 Å². The number of carbonyl (C=O) groups excluding carboxylic acids is 1. The highest BCUT2D eigenvalue weighted by molar-refractivity contribution is 7.10. The molecule has 0 bridgehead atoms. The summed E-state index contributed by atoms with van der Waals surface area (Å²) >= 11 is 1.50. The van der Waals surface area contributed by atoms with Gasteiger partial charge in [-0.1, -0.05) is 0 Å². The fraction of sp³-hybridized carbons (Fsp3) is 0.133. The van der Waals surface area contributed by atoms with Gasteiger partial charge in [0.05, 0.1) is 11.3 Å². The van der Waals surface area contributed by atoms with Crippen molar-refractivity contribution in [1.82, 2.24) is 14.5 Å². The normalized spacial score (nSPS) is 10.6. The van der Waals surface area contributed by atoms with Crippen LogP contribution in [0.3, 0.4) is 0 Å². The monoisotopic (exact) mass is 313 g/mol. The molecule has 0 aliphatic rings. The van der Waals surface area contributed by atoms with Gasteiger partial charge in [0.1, 0.15) is 5.82 Å². The lowest BCUT2D eigenvalue weighted by Gasteiger charge is -2.11. The van der Waals surface area contributed by atoms with Crippen LogP contribution in [0.2, 0.25) is 0 Å². The second kappa shape index (κ2) is 5.98. The zero-order chi connectivity index (χ0) is 15.5. The molecule has 1 amide bonds. The minimum atomic E-state index is -0.404. The average molecular weight is 313 g/mol. The molecule has 0 saturated carbocycles. The van der Waals surface area contributed by atoms with Crippen LogP contribution in [0, 0.1) is 6.92 Å². The number of aryl methyl sites for hydroxylation is 1. The van der Waals surface area contributed by atoms with Crippen molar-refractivity contribution in [2.45, 2.75) is 13.5 Å². The fourth-order valence-corrected chi connectivity index (χ4v) is 2.93. The van der Waals surface area contributed by atoms with Crippen molar-refractivity contribution in [1.29, 1.82) is 0 Å². The molecular formula is C15H15N5OS. The number of aromatic nitrogens is 3. The molecule has 6 nitrogen and oxygen atoms in total. The Bertz CT molecular complexity index is 808. The van der Waals surface area contributed by atoms with Gasteiger partial charge in [-0.15, -0.1) is 11.3 Å². The summed E-state index contributed by atoms with van der Waals surface area (Å²) in [5.41, 5.74) is 6.71. The highest BCUT2D eigenvalue weighted by Crippen LogP contribution is 2.21. The Morgan fingerprint density at radius 3 is 2.95 bits per heavy atom. The number of primary amides is 1. The van der Waals surface area contributed by atoms with E-state index in [4.69, 9.17) is 5.73 Å². The number of hydrogen-bond acceptors (Lipinski definition) is 5. The van der Waals surface area contributed by atoms with Gasteiger partial charge in [-0.25, -0.2) is 9.97 Å². The van der Waals surface area contributed by atoms with Crippen LogP contribution in [0.5, 0.6) is 0 Å². The zero-order valence-electron chi connectivity index (χ0n) is 12.0. The second-order valence-electron chi connectivity index (χ2n) is 4.74. The minimum Gasteiger partial charge on any atom is -0.377 e. The van der Waals surface area contributed by atoms with E-state index in [0.717, 1.165) is 22.2 Å². The number of imidazole rings is 1. The van der Waals surface area contributed by atoms with E-state index in [1.165, 1.54) is 11.3 Å². The summed E-state index contributed by atoms with van der Waals surface area (Å²) in [7, 11) is 0. The Balaban J connectivity index is 1.81. The molecule has 3 heterocycles. The lowest BCUT2D eigenvalue weighted by molar-refractivity contribution is 0.100. The van der Waals surface area contributed by atoms with Gasteiger partial charge in [-0.05, 0) is 25.1 Å². The number of nitrogens with one attached hydrogen (secondary N) is 1. The number of hydrogen-bond donors (Lipinski definition) is 2. The average Bonchev–Trinajstić information content (AvgIpc) is 3.14. The molecule has 0 saturated heterocycles. The van der Waals surface area contributed by atoms with Gasteiger partial charge in [-0.3, -0.25) is 9.36 Å². The van der Waals surface area contributed by atoms with Crippen LogP contribution >= 0.6 is 11.3 Å². The van der Waals surface area contributed by atoms with Crippen LogP contribution in [0.4, 0.5) is 5.69 Å². The first-order chi connectivity index (χ1) is 10.6. The van der Waals surface area contributed by atoms with Crippen LogP contribution in [-0.4, -0.2) is 20.4 Å². The van der Waals surface area contributed by atoms with E-state index in [9.17, 15) is 4.79 Å². The molecule has 0 fully saturated rings. The van der Waals surface area contributed by atoms with E-state index >= 15 is 0 Å². The summed E-state index contributed by atoms with van der Waals surface area (Å²) < 4.78 is 1.92. The molecule has 22 heavy (non-hydrogen) atoms. The highest BCUT2D eigenvalue weighted by atomic mass is 32.1. The van der Waals surface area contributed by atoms with E-state index in [2.05, 4.69) is 15.3 Å². The molecular weight excluding hydrogens is 298 g/mol. The van der Waals surface area contributed by atoms with Gasteiger partial charge in [0, 0.05) is 35.4 Å². The number of amides is 1. The van der Waals surface area contributed by atoms with Gasteiger partial charge < -0.3 is 11.1 Å². The number of pyridine rings is 1. The number of carbonyl (C=O) groups is 1. The Labute approximate surface area is 131 Å². The molecule has 3 aromatic rings. The number of rotatable bonds is 5. The van der Waals surface area contributed by atoms with E-state index in [0.29, 0.717) is 12.1 Å². The summed E-state index contributed by atoms with van der Waals surface area (Å²) in [5.74, 6) is 1.26. The topological polar surface area (TPSA) is 85.8 Å². The molecule has 0 atom stereocenters. The minimum absolute atomic E-state index is 0.404. The zero-order valence-corrected chi connectivity index (χ0v) is 12.8. The quantitative estimate of drug-likeness (QED) is 0.757. The van der Waals surface area contributed by atoms with E-state index in [1.54, 1.807) is 23.8 Å². The summed E-state index contributed by atoms with van der Waals surface area (Å²) in [6, 6.07) is 5.64. The van der Waals surface area contributed by atoms with Gasteiger partial charge in [0.25, 0.3) is 0 Å². The Hall–Kier alpha value is -2.67. The third kappa shape index (κ3) is 2.84. The molecule has 0 aromatic carbocycles. The first-order valence-corrected chi connectivity index (χ1v) is 7.59. The van der Waals surface area contributed by atoms with Crippen LogP contribution in [0.15, 0.2) is 42.2 Å². The fourth-order valence-electron chi connectivity index (χ4n) is 2.11. The van der Waals surface area contributed by atoms with Gasteiger partial charge >= 0.3 is 0 Å². The Morgan fingerprint density at radius 1 is 1.41 bits per heavy atom. The number of anilines is 1. The molecule has 3 aromatic heterocycles. The molecule has 3 N–H and O–H groups in total. The highest BCUT2D eigenvalue weighted by Gasteiger charge is 2.09. The lowest BCUT2D eigenvalue weighted by atomic mass is 10.3. The van der Waals surface area contributed by atoms with Crippen molar-refractivity contribution in [3.05, 3.63) is 58.4 Å². The van der Waals surface area contributed by atoms with Gasteiger partial charge in [0.15, 0.2) is 5.82 Å². The van der Waals surface area contributed by atoms with Gasteiger partial charge in [-0.2, -0.15) is 0 Å². The second-order valence-corrected chi connectivity index (χ2v) is 5.73. The number of nitrogens with two attached hydrogens (primary N) is 1. The van der Waals surface area contributed by atoms with Crippen molar-refractivity contribution in [2.24, 2.45) is 5.73 Å². The lowest BCUT2D eigenvalue weighted by Crippen LogP contribution is -2.09. The molecule has 0 aliphatic heterocycles. The molecule has 7 heteroatoms. The van der Waals surface area contributed by atoms with Crippen molar-refractivity contribution in [3.8, 4) is 5.82 Å². The summed E-state index contributed by atoms with van der Waals surface area (Å²) in [4.78, 5) is 20.8. The molecule has 3 rings (SSSR count). The van der Waals surface area contributed by atoms with Crippen LogP contribution in [0.25, 0.3) is 5.82 Å². The molecule has 0 unspecified atom stereocenters. The third-order valence-electron chi connectivity index (χ3n) is 3.23. The predicted molar refractivity (Wildman–Crippen MR) is 86.3 cm³/mol. The Kier molecular flexibility index (Phi) is 3.88. The standard InChI is InChI=1S/C15H15N5OS/c1-10-17-5-6-20(10)15-13(3-2-4-18-15)19-8-12-7-11(9-22-12)14(16)21/h2-7,9,19H,8H2,1H3,(H2,16,21). The maximum absolute atomic E-state index is 11.1. The molecule has 112 valence electrons. The van der Waals surface area contributed by atoms with Crippen molar-refractivity contribution < 1.29 is 4.79 Å². The SMILES string of the molecule is Cc1nccn1-c1ncccc1NCc1cc(C(N)=O)cs1. The first kappa shape index (κ1) is 14.3. The van der Waals surface area contributed by atoms with Crippen molar-refractivity contribution in [2.75, 3.05) is 5.32 Å². The Morgan fingerprint density at radius 2 is 2.27 bits per heavy atom. The number of thiophene rings is 1. The molecule has 0 spiro atoms. The summed E-state index contributed by atoms with van der Waals surface area (Å²) in [5, 5.41) is 5.11. The van der Waals surface area contributed by atoms with Crippen molar-refractivity contribution in [3.63, 3.8) is 0 Å².